The van der Waals surface area contributed by atoms with E-state index in [9.17, 15) is 26.1 Å². The molecule has 0 aromatic heterocycles. The van der Waals surface area contributed by atoms with Gasteiger partial charge in [-0.15, -0.1) is 0 Å². The quantitative estimate of drug-likeness (QED) is 0.408. The number of hydrogen-bond donors (Lipinski definition) is 1. The predicted molar refractivity (Wildman–Crippen MR) is 31.2 cm³/mol. The van der Waals surface area contributed by atoms with Crippen molar-refractivity contribution in [3.63, 3.8) is 0 Å². The minimum atomic E-state index is -5.99. The molecule has 9 heteroatoms. The normalized spacial score (nSPS) is 14.8. The Bertz CT molecular complexity index is 242. The van der Waals surface area contributed by atoms with Gasteiger partial charge in [0.1, 0.15) is 0 Å². The molecule has 0 saturated heterocycles. The van der Waals surface area contributed by atoms with Crippen LogP contribution in [0.1, 0.15) is 6.42 Å². The number of hydrogen-bond acceptors (Lipinski definition) is 4. The molecule has 0 aliphatic rings. The number of aliphatic hydroxyl groups excluding tert-OH is 1. The van der Waals surface area contributed by atoms with E-state index >= 15 is 0 Å². The largest absolute Gasteiger partial charge is 1.00 e. The second kappa shape index (κ2) is 5.52. The first kappa shape index (κ1) is 16.1. The first-order valence-corrected chi connectivity index (χ1v) is 4.22. The third-order valence-electron chi connectivity index (χ3n) is 1.08. The molecule has 0 fully saturated rings. The van der Waals surface area contributed by atoms with Gasteiger partial charge >= 0.3 is 34.8 Å². The fraction of sp³-hybridized carbons (Fsp3) is 1.00. The molecule has 1 atom stereocenters. The molecule has 0 aliphatic carbocycles. The maximum Gasteiger partial charge on any atom is 1.00 e. The Morgan fingerprint density at radius 2 is 1.85 bits per heavy atom. The molecule has 0 radical (unpaired) electrons. The molecule has 13 heavy (non-hydrogen) atoms. The molecule has 0 spiro atoms. The fourth-order valence-electron chi connectivity index (χ4n) is 0.438. The summed E-state index contributed by atoms with van der Waals surface area (Å²) >= 11 is 0. The van der Waals surface area contributed by atoms with E-state index in [1.807, 2.05) is 0 Å². The van der Waals surface area contributed by atoms with Crippen molar-refractivity contribution in [1.29, 1.82) is 0 Å². The van der Waals surface area contributed by atoms with Crippen LogP contribution in [-0.2, 0) is 10.1 Å². The summed E-state index contributed by atoms with van der Waals surface area (Å²) in [6, 6.07) is 0. The van der Waals surface area contributed by atoms with Gasteiger partial charge in [0.15, 0.2) is 16.3 Å². The average molecular weight is 230 g/mol. The van der Waals surface area contributed by atoms with Crippen molar-refractivity contribution < 1.29 is 60.8 Å². The summed E-state index contributed by atoms with van der Waals surface area (Å²) in [5, 5.41) is 3.03. The summed E-state index contributed by atoms with van der Waals surface area (Å²) in [5.74, 6) is 0. The number of rotatable bonds is 4. The minimum Gasteiger partial charge on any atom is -0.743 e. The van der Waals surface area contributed by atoms with Gasteiger partial charge in [-0.25, -0.2) is 12.8 Å². The zero-order valence-electron chi connectivity index (χ0n) is 6.71. The number of halogens is 3. The molecule has 1 N–H and O–H groups in total. The van der Waals surface area contributed by atoms with E-state index in [2.05, 4.69) is 0 Å². The molecule has 1 unspecified atom stereocenters. The molecule has 0 heterocycles. The molecular formula is C4H6F3NaO4S. The van der Waals surface area contributed by atoms with E-state index < -0.39 is 34.6 Å². The molecule has 74 valence electrons. The first-order chi connectivity index (χ1) is 5.23. The van der Waals surface area contributed by atoms with Crippen LogP contribution in [0.15, 0.2) is 0 Å². The van der Waals surface area contributed by atoms with Crippen LogP contribution < -0.4 is 29.6 Å². The summed E-state index contributed by atoms with van der Waals surface area (Å²) in [6.07, 6.45) is -4.25. The second-order valence-electron chi connectivity index (χ2n) is 2.00. The monoisotopic (exact) mass is 230 g/mol. The maximum absolute atomic E-state index is 12.2. The molecule has 0 saturated carbocycles. The fourth-order valence-corrected chi connectivity index (χ4v) is 0.869. The Balaban J connectivity index is 0. The van der Waals surface area contributed by atoms with Gasteiger partial charge in [0, 0.05) is 13.0 Å². The molecule has 0 bridgehead atoms. The van der Waals surface area contributed by atoms with Crippen LogP contribution in [-0.4, -0.2) is 36.1 Å². The van der Waals surface area contributed by atoms with Gasteiger partial charge < -0.3 is 9.66 Å². The van der Waals surface area contributed by atoms with Crippen LogP contribution in [0.2, 0.25) is 0 Å². The summed E-state index contributed by atoms with van der Waals surface area (Å²) < 4.78 is 65.7. The standard InChI is InChI=1S/C4H7F3O4S.Na/c5-3(1-2-8)4(6,7)12(9,10)11;/h3,8H,1-2H2,(H,9,10,11);/q;+1/p-1. The smallest absolute Gasteiger partial charge is 0.743 e. The topological polar surface area (TPSA) is 77.4 Å². The number of alkyl halides is 3. The molecule has 0 aromatic rings. The van der Waals surface area contributed by atoms with Crippen LogP contribution in [0, 0.1) is 0 Å². The molecule has 0 aromatic carbocycles. The Kier molecular flexibility index (Phi) is 6.84. The molecule has 0 rings (SSSR count). The van der Waals surface area contributed by atoms with Crippen molar-refractivity contribution in [3.8, 4) is 0 Å². The van der Waals surface area contributed by atoms with Crippen molar-refractivity contribution >= 4 is 10.1 Å². The van der Waals surface area contributed by atoms with Crippen LogP contribution in [0.3, 0.4) is 0 Å². The van der Waals surface area contributed by atoms with Gasteiger partial charge in [-0.2, -0.15) is 8.78 Å². The average Bonchev–Trinajstić information content (AvgIpc) is 1.85. The van der Waals surface area contributed by atoms with Gasteiger partial charge in [-0.1, -0.05) is 0 Å². The maximum atomic E-state index is 12.2. The summed E-state index contributed by atoms with van der Waals surface area (Å²) in [7, 11) is -5.99. The summed E-state index contributed by atoms with van der Waals surface area (Å²) in [4.78, 5) is 0. The van der Waals surface area contributed by atoms with E-state index in [1.54, 1.807) is 0 Å². The van der Waals surface area contributed by atoms with Crippen LogP contribution >= 0.6 is 0 Å². The third-order valence-corrected chi connectivity index (χ3v) is 2.00. The van der Waals surface area contributed by atoms with Crippen molar-refractivity contribution in [2.75, 3.05) is 6.61 Å². The van der Waals surface area contributed by atoms with Crippen molar-refractivity contribution in [1.82, 2.24) is 0 Å². The van der Waals surface area contributed by atoms with Gasteiger partial charge in [-0.3, -0.25) is 0 Å². The van der Waals surface area contributed by atoms with Gasteiger partial charge in [0.25, 0.3) is 0 Å². The van der Waals surface area contributed by atoms with E-state index in [4.69, 9.17) is 5.11 Å². The van der Waals surface area contributed by atoms with Crippen LogP contribution in [0.25, 0.3) is 0 Å². The van der Waals surface area contributed by atoms with E-state index in [1.165, 1.54) is 0 Å². The minimum absolute atomic E-state index is 0. The van der Waals surface area contributed by atoms with E-state index in [0.717, 1.165) is 0 Å². The van der Waals surface area contributed by atoms with Crippen molar-refractivity contribution in [2.24, 2.45) is 0 Å². The van der Waals surface area contributed by atoms with Crippen molar-refractivity contribution in [2.45, 2.75) is 17.8 Å². The molecular weight excluding hydrogens is 224 g/mol. The Hall–Kier alpha value is 0.660. The number of aliphatic hydroxyl groups is 1. The Morgan fingerprint density at radius 1 is 1.46 bits per heavy atom. The zero-order chi connectivity index (χ0) is 9.99. The molecule has 4 nitrogen and oxygen atoms in total. The molecule has 0 aliphatic heterocycles. The first-order valence-electron chi connectivity index (χ1n) is 2.81. The Morgan fingerprint density at radius 3 is 2.08 bits per heavy atom. The van der Waals surface area contributed by atoms with Crippen molar-refractivity contribution in [3.05, 3.63) is 0 Å². The predicted octanol–water partition coefficient (Wildman–Crippen LogP) is -3.15. The molecule has 0 amide bonds. The van der Waals surface area contributed by atoms with E-state index in [-0.39, 0.29) is 29.6 Å². The van der Waals surface area contributed by atoms with Gasteiger partial charge in [0.05, 0.1) is 0 Å². The second-order valence-corrected chi connectivity index (χ2v) is 3.45. The van der Waals surface area contributed by atoms with Crippen LogP contribution in [0.5, 0.6) is 0 Å². The van der Waals surface area contributed by atoms with E-state index in [0.29, 0.717) is 0 Å². The van der Waals surface area contributed by atoms with Gasteiger partial charge in [-0.05, 0) is 0 Å². The summed E-state index contributed by atoms with van der Waals surface area (Å²) in [5.41, 5.74) is 0. The summed E-state index contributed by atoms with van der Waals surface area (Å²) in [6.45, 7) is -0.952. The van der Waals surface area contributed by atoms with Gasteiger partial charge in [0.2, 0.25) is 0 Å². The van der Waals surface area contributed by atoms with Crippen LogP contribution in [0.4, 0.5) is 13.2 Å². The third kappa shape index (κ3) is 4.13. The zero-order valence-corrected chi connectivity index (χ0v) is 9.52. The SMILES string of the molecule is O=S(=O)([O-])C(F)(F)C(F)CCO.[Na+]. The Labute approximate surface area is 95.2 Å².